The first-order chi connectivity index (χ1) is 10.2. The average Bonchev–Trinajstić information content (AvgIpc) is 2.94. The molecular weight excluding hydrogens is 264 g/mol. The minimum Gasteiger partial charge on any atom is -0.455 e. The van der Waals surface area contributed by atoms with E-state index in [9.17, 15) is 4.79 Å². The molecule has 0 bridgehead atoms. The number of furan rings is 1. The molecule has 0 aliphatic rings. The molecule has 0 aliphatic carbocycles. The summed E-state index contributed by atoms with van der Waals surface area (Å²) in [5.74, 6) is 0.672. The maximum atomic E-state index is 12.1. The van der Waals surface area contributed by atoms with Gasteiger partial charge in [0.2, 0.25) is 0 Å². The lowest BCUT2D eigenvalue weighted by molar-refractivity contribution is 0.565. The third-order valence-electron chi connectivity index (χ3n) is 3.59. The Labute approximate surface area is 120 Å². The molecule has 0 fully saturated rings. The van der Waals surface area contributed by atoms with Crippen LogP contribution in [0, 0.1) is 6.92 Å². The number of fused-ring (bicyclic) bond motifs is 3. The van der Waals surface area contributed by atoms with E-state index in [1.165, 1.54) is 0 Å². The van der Waals surface area contributed by atoms with Crippen molar-refractivity contribution in [2.75, 3.05) is 0 Å². The van der Waals surface area contributed by atoms with E-state index in [0.717, 1.165) is 16.5 Å². The van der Waals surface area contributed by atoms with Crippen molar-refractivity contribution in [1.29, 1.82) is 0 Å². The summed E-state index contributed by atoms with van der Waals surface area (Å²) >= 11 is 0. The summed E-state index contributed by atoms with van der Waals surface area (Å²) in [5, 5.41) is 1.29. The highest BCUT2D eigenvalue weighted by Gasteiger charge is 2.14. The molecule has 0 N–H and O–H groups in total. The maximum Gasteiger partial charge on any atom is 0.347 e. The third-order valence-corrected chi connectivity index (χ3v) is 3.59. The Morgan fingerprint density at radius 1 is 0.857 bits per heavy atom. The van der Waals surface area contributed by atoms with Crippen LogP contribution in [0.4, 0.5) is 0 Å². The minimum atomic E-state index is -0.367. The molecule has 2 aromatic heterocycles. The highest BCUT2D eigenvalue weighted by molar-refractivity contribution is 6.02. The average molecular weight is 276 g/mol. The molecule has 2 heterocycles. The van der Waals surface area contributed by atoms with Gasteiger partial charge in [0.1, 0.15) is 16.7 Å². The summed E-state index contributed by atoms with van der Waals surface area (Å²) in [7, 11) is 0. The predicted molar refractivity (Wildman–Crippen MR) is 82.4 cm³/mol. The van der Waals surface area contributed by atoms with Crippen LogP contribution in [0.1, 0.15) is 5.56 Å². The standard InChI is InChI=1S/C18H12O3/c1-11-7-8-13-16(9-11)21-18(19)14-10-15(20-17(13)14)12-5-3-2-4-6-12/h2-10H,1H3. The van der Waals surface area contributed by atoms with E-state index in [0.29, 0.717) is 22.3 Å². The SMILES string of the molecule is Cc1ccc2c(c1)oc(=O)c1cc(-c3ccccc3)oc12. The second-order valence-electron chi connectivity index (χ2n) is 5.11. The molecule has 102 valence electrons. The minimum absolute atomic E-state index is 0.367. The summed E-state index contributed by atoms with van der Waals surface area (Å²) in [4.78, 5) is 12.1. The molecule has 3 heteroatoms. The van der Waals surface area contributed by atoms with Crippen LogP contribution in [0.2, 0.25) is 0 Å². The van der Waals surface area contributed by atoms with E-state index in [-0.39, 0.29) is 5.63 Å². The van der Waals surface area contributed by atoms with Gasteiger partial charge in [0.15, 0.2) is 5.58 Å². The van der Waals surface area contributed by atoms with Gasteiger partial charge in [0, 0.05) is 5.56 Å². The van der Waals surface area contributed by atoms with E-state index >= 15 is 0 Å². The molecule has 0 saturated heterocycles. The van der Waals surface area contributed by atoms with Crippen LogP contribution in [0.5, 0.6) is 0 Å². The van der Waals surface area contributed by atoms with Crippen LogP contribution < -0.4 is 5.63 Å². The van der Waals surface area contributed by atoms with Crippen LogP contribution in [-0.4, -0.2) is 0 Å². The predicted octanol–water partition coefficient (Wildman–Crippen LogP) is 4.51. The second kappa shape index (κ2) is 4.35. The lowest BCUT2D eigenvalue weighted by atomic mass is 10.1. The van der Waals surface area contributed by atoms with Crippen molar-refractivity contribution >= 4 is 21.9 Å². The number of rotatable bonds is 1. The highest BCUT2D eigenvalue weighted by Crippen LogP contribution is 2.31. The van der Waals surface area contributed by atoms with Crippen molar-refractivity contribution in [3.8, 4) is 11.3 Å². The van der Waals surface area contributed by atoms with Crippen LogP contribution in [0.25, 0.3) is 33.3 Å². The van der Waals surface area contributed by atoms with Crippen LogP contribution in [0.3, 0.4) is 0 Å². The van der Waals surface area contributed by atoms with Crippen molar-refractivity contribution < 1.29 is 8.83 Å². The lowest BCUT2D eigenvalue weighted by Crippen LogP contribution is -1.97. The summed E-state index contributed by atoms with van der Waals surface area (Å²) in [5.41, 5.74) is 2.75. The molecule has 0 amide bonds. The summed E-state index contributed by atoms with van der Waals surface area (Å²) < 4.78 is 11.3. The number of benzene rings is 2. The Bertz CT molecular complexity index is 1010. The molecule has 0 atom stereocenters. The van der Waals surface area contributed by atoms with Crippen LogP contribution in [0.15, 0.2) is 68.2 Å². The molecular formula is C18H12O3. The van der Waals surface area contributed by atoms with Crippen molar-refractivity contribution in [2.24, 2.45) is 0 Å². The zero-order chi connectivity index (χ0) is 14.4. The van der Waals surface area contributed by atoms with E-state index in [1.54, 1.807) is 6.07 Å². The van der Waals surface area contributed by atoms with Crippen molar-refractivity contribution in [3.63, 3.8) is 0 Å². The molecule has 4 rings (SSSR count). The Morgan fingerprint density at radius 2 is 1.67 bits per heavy atom. The highest BCUT2D eigenvalue weighted by atomic mass is 16.4. The number of hydrogen-bond donors (Lipinski definition) is 0. The molecule has 0 unspecified atom stereocenters. The first-order valence-corrected chi connectivity index (χ1v) is 6.75. The van der Waals surface area contributed by atoms with Gasteiger partial charge in [-0.2, -0.15) is 0 Å². The van der Waals surface area contributed by atoms with Crippen molar-refractivity contribution in [3.05, 3.63) is 70.6 Å². The Kier molecular flexibility index (Phi) is 2.48. The zero-order valence-electron chi connectivity index (χ0n) is 11.4. The molecule has 2 aromatic carbocycles. The number of aryl methyl sites for hydroxylation is 1. The van der Waals surface area contributed by atoms with E-state index in [4.69, 9.17) is 8.83 Å². The monoisotopic (exact) mass is 276 g/mol. The largest absolute Gasteiger partial charge is 0.455 e. The normalized spacial score (nSPS) is 11.3. The zero-order valence-corrected chi connectivity index (χ0v) is 11.4. The fourth-order valence-electron chi connectivity index (χ4n) is 2.54. The summed E-state index contributed by atoms with van der Waals surface area (Å²) in [6, 6.07) is 17.2. The lowest BCUT2D eigenvalue weighted by Gasteiger charge is -1.98. The molecule has 4 aromatic rings. The fourth-order valence-corrected chi connectivity index (χ4v) is 2.54. The Hall–Kier alpha value is -2.81. The van der Waals surface area contributed by atoms with Crippen molar-refractivity contribution in [2.45, 2.75) is 6.92 Å². The van der Waals surface area contributed by atoms with Gasteiger partial charge in [0.25, 0.3) is 0 Å². The Balaban J connectivity index is 2.09. The smallest absolute Gasteiger partial charge is 0.347 e. The van der Waals surface area contributed by atoms with Gasteiger partial charge in [-0.3, -0.25) is 0 Å². The molecule has 0 saturated carbocycles. The van der Waals surface area contributed by atoms with Crippen LogP contribution >= 0.6 is 0 Å². The van der Waals surface area contributed by atoms with Crippen molar-refractivity contribution in [1.82, 2.24) is 0 Å². The summed E-state index contributed by atoms with van der Waals surface area (Å²) in [6.45, 7) is 1.96. The van der Waals surface area contributed by atoms with Gasteiger partial charge in [-0.25, -0.2) is 4.79 Å². The second-order valence-corrected chi connectivity index (χ2v) is 5.11. The third kappa shape index (κ3) is 1.86. The Morgan fingerprint density at radius 3 is 2.48 bits per heavy atom. The van der Waals surface area contributed by atoms with Gasteiger partial charge in [-0.1, -0.05) is 36.4 Å². The first kappa shape index (κ1) is 12.0. The maximum absolute atomic E-state index is 12.1. The van der Waals surface area contributed by atoms with Gasteiger partial charge < -0.3 is 8.83 Å². The van der Waals surface area contributed by atoms with E-state index < -0.39 is 0 Å². The van der Waals surface area contributed by atoms with E-state index in [1.807, 2.05) is 55.5 Å². The van der Waals surface area contributed by atoms with Gasteiger partial charge in [0.05, 0.1) is 5.39 Å². The molecule has 0 aliphatic heterocycles. The quantitative estimate of drug-likeness (QED) is 0.480. The molecule has 21 heavy (non-hydrogen) atoms. The van der Waals surface area contributed by atoms with Gasteiger partial charge in [-0.05, 0) is 30.7 Å². The van der Waals surface area contributed by atoms with E-state index in [2.05, 4.69) is 0 Å². The molecule has 0 spiro atoms. The first-order valence-electron chi connectivity index (χ1n) is 6.75. The van der Waals surface area contributed by atoms with Crippen LogP contribution in [-0.2, 0) is 0 Å². The molecule has 3 nitrogen and oxygen atoms in total. The molecule has 0 radical (unpaired) electrons. The number of hydrogen-bond acceptors (Lipinski definition) is 3. The summed E-state index contributed by atoms with van der Waals surface area (Å²) in [6.07, 6.45) is 0. The fraction of sp³-hybridized carbons (Fsp3) is 0.0556. The topological polar surface area (TPSA) is 43.4 Å². The van der Waals surface area contributed by atoms with Gasteiger partial charge >= 0.3 is 5.63 Å². The van der Waals surface area contributed by atoms with Gasteiger partial charge in [-0.15, -0.1) is 0 Å².